The van der Waals surface area contributed by atoms with E-state index >= 15 is 0 Å². The van der Waals surface area contributed by atoms with Crippen LogP contribution >= 0.6 is 0 Å². The zero-order valence-electron chi connectivity index (χ0n) is 14.2. The lowest BCUT2D eigenvalue weighted by Crippen LogP contribution is -2.21. The molecule has 2 aromatic carbocycles. The Morgan fingerprint density at radius 3 is 1.36 bits per heavy atom. The van der Waals surface area contributed by atoms with E-state index in [0.717, 1.165) is 22.5 Å². The number of anilines is 2. The molecule has 2 N–H and O–H groups in total. The molecule has 0 unspecified atom stereocenters. The third kappa shape index (κ3) is 3.14. The van der Waals surface area contributed by atoms with Crippen molar-refractivity contribution >= 4 is 17.4 Å². The zero-order valence-corrected chi connectivity index (χ0v) is 14.2. The van der Waals surface area contributed by atoms with Gasteiger partial charge in [-0.25, -0.2) is 4.79 Å². The first-order chi connectivity index (χ1) is 10.3. The SMILES string of the molecule is Cc1ccc(NC(=O)Nc2ccc(C)c(C)c2C)c(C)c1C. The molecule has 2 amide bonds. The van der Waals surface area contributed by atoms with Crippen LogP contribution in [-0.2, 0) is 0 Å². The van der Waals surface area contributed by atoms with E-state index in [1.807, 2.05) is 38.1 Å². The van der Waals surface area contributed by atoms with E-state index in [2.05, 4.69) is 38.3 Å². The topological polar surface area (TPSA) is 41.1 Å². The first kappa shape index (κ1) is 16.1. The lowest BCUT2D eigenvalue weighted by molar-refractivity contribution is 0.262. The molecule has 2 aromatic rings. The molecule has 0 atom stereocenters. The Morgan fingerprint density at radius 1 is 0.636 bits per heavy atom. The number of rotatable bonds is 2. The molecule has 3 nitrogen and oxygen atoms in total. The quantitative estimate of drug-likeness (QED) is 0.787. The predicted molar refractivity (Wildman–Crippen MR) is 93.9 cm³/mol. The third-order valence-electron chi connectivity index (χ3n) is 4.61. The molecular weight excluding hydrogens is 272 g/mol. The van der Waals surface area contributed by atoms with Crippen LogP contribution in [0.3, 0.4) is 0 Å². The Kier molecular flexibility index (Phi) is 4.55. The summed E-state index contributed by atoms with van der Waals surface area (Å²) in [6.07, 6.45) is 0. The number of urea groups is 1. The van der Waals surface area contributed by atoms with Gasteiger partial charge in [0.2, 0.25) is 0 Å². The molecule has 0 heterocycles. The van der Waals surface area contributed by atoms with Gasteiger partial charge in [0.05, 0.1) is 0 Å². The van der Waals surface area contributed by atoms with E-state index in [4.69, 9.17) is 0 Å². The normalized spacial score (nSPS) is 10.5. The number of nitrogens with one attached hydrogen (secondary N) is 2. The Labute approximate surface area is 132 Å². The van der Waals surface area contributed by atoms with Crippen LogP contribution in [0.1, 0.15) is 33.4 Å². The van der Waals surface area contributed by atoms with Gasteiger partial charge in [0, 0.05) is 11.4 Å². The summed E-state index contributed by atoms with van der Waals surface area (Å²) in [6, 6.07) is 7.74. The molecule has 2 rings (SSSR count). The minimum absolute atomic E-state index is 0.210. The maximum absolute atomic E-state index is 12.3. The largest absolute Gasteiger partial charge is 0.323 e. The van der Waals surface area contributed by atoms with Crippen molar-refractivity contribution < 1.29 is 4.79 Å². The zero-order chi connectivity index (χ0) is 16.4. The highest BCUT2D eigenvalue weighted by Gasteiger charge is 2.10. The van der Waals surface area contributed by atoms with Crippen LogP contribution in [0.4, 0.5) is 16.2 Å². The van der Waals surface area contributed by atoms with Gasteiger partial charge in [-0.15, -0.1) is 0 Å². The first-order valence-corrected chi connectivity index (χ1v) is 7.53. The van der Waals surface area contributed by atoms with Crippen LogP contribution in [-0.4, -0.2) is 6.03 Å². The number of amides is 2. The van der Waals surface area contributed by atoms with Crippen LogP contribution < -0.4 is 10.6 Å². The van der Waals surface area contributed by atoms with Crippen molar-refractivity contribution in [2.45, 2.75) is 41.5 Å². The standard InChI is InChI=1S/C19H24N2O/c1-11-7-9-17(15(5)13(11)3)20-19(22)21-18-10-8-12(2)14(4)16(18)6/h7-10H,1-6H3,(H2,20,21,22). The second kappa shape index (κ2) is 6.22. The summed E-state index contributed by atoms with van der Waals surface area (Å²) in [4.78, 5) is 12.3. The number of aryl methyl sites for hydroxylation is 2. The summed E-state index contributed by atoms with van der Waals surface area (Å²) in [5.41, 5.74) is 8.78. The Balaban J connectivity index is 2.18. The number of hydrogen-bond acceptors (Lipinski definition) is 1. The maximum Gasteiger partial charge on any atom is 0.323 e. The summed E-state index contributed by atoms with van der Waals surface area (Å²) in [7, 11) is 0. The molecule has 22 heavy (non-hydrogen) atoms. The van der Waals surface area contributed by atoms with E-state index in [1.165, 1.54) is 22.3 Å². The highest BCUT2D eigenvalue weighted by molar-refractivity contribution is 6.00. The second-order valence-corrected chi connectivity index (χ2v) is 5.94. The summed E-state index contributed by atoms with van der Waals surface area (Å²) in [5, 5.41) is 5.88. The van der Waals surface area contributed by atoms with Crippen LogP contribution in [0, 0.1) is 41.5 Å². The molecule has 0 saturated heterocycles. The highest BCUT2D eigenvalue weighted by atomic mass is 16.2. The first-order valence-electron chi connectivity index (χ1n) is 7.53. The van der Waals surface area contributed by atoms with E-state index < -0.39 is 0 Å². The van der Waals surface area contributed by atoms with Gasteiger partial charge in [0.15, 0.2) is 0 Å². The van der Waals surface area contributed by atoms with E-state index in [9.17, 15) is 4.79 Å². The van der Waals surface area contributed by atoms with E-state index in [-0.39, 0.29) is 6.03 Å². The molecule has 3 heteroatoms. The molecule has 0 saturated carbocycles. The molecule has 0 fully saturated rings. The molecule has 0 aliphatic carbocycles. The Bertz CT molecular complexity index is 671. The van der Waals surface area contributed by atoms with Gasteiger partial charge in [-0.05, 0) is 87.1 Å². The number of carbonyl (C=O) groups excluding carboxylic acids is 1. The van der Waals surface area contributed by atoms with E-state index in [1.54, 1.807) is 0 Å². The maximum atomic E-state index is 12.3. The van der Waals surface area contributed by atoms with E-state index in [0.29, 0.717) is 0 Å². The average Bonchev–Trinajstić information content (AvgIpc) is 2.48. The molecule has 0 radical (unpaired) electrons. The molecule has 0 aliphatic rings. The fourth-order valence-electron chi connectivity index (χ4n) is 2.46. The molecular formula is C19H24N2O. The second-order valence-electron chi connectivity index (χ2n) is 5.94. The average molecular weight is 296 g/mol. The van der Waals surface area contributed by atoms with Crippen LogP contribution in [0.5, 0.6) is 0 Å². The predicted octanol–water partition coefficient (Wildman–Crippen LogP) is 5.18. The molecule has 0 aromatic heterocycles. The number of benzene rings is 2. The summed E-state index contributed by atoms with van der Waals surface area (Å²) >= 11 is 0. The van der Waals surface area contributed by atoms with Crippen molar-refractivity contribution in [3.05, 3.63) is 57.6 Å². The van der Waals surface area contributed by atoms with Gasteiger partial charge in [-0.3, -0.25) is 0 Å². The molecule has 0 bridgehead atoms. The number of carbonyl (C=O) groups is 1. The summed E-state index contributed by atoms with van der Waals surface area (Å²) in [6.45, 7) is 12.3. The Hall–Kier alpha value is -2.29. The van der Waals surface area contributed by atoms with Gasteiger partial charge < -0.3 is 10.6 Å². The van der Waals surface area contributed by atoms with Gasteiger partial charge in [-0.1, -0.05) is 12.1 Å². The fourth-order valence-corrected chi connectivity index (χ4v) is 2.46. The molecule has 0 spiro atoms. The smallest absolute Gasteiger partial charge is 0.307 e. The third-order valence-corrected chi connectivity index (χ3v) is 4.61. The minimum atomic E-state index is -0.210. The van der Waals surface area contributed by atoms with Gasteiger partial charge in [0.25, 0.3) is 0 Å². The van der Waals surface area contributed by atoms with Crippen molar-refractivity contribution in [2.75, 3.05) is 10.6 Å². The highest BCUT2D eigenvalue weighted by Crippen LogP contribution is 2.24. The van der Waals surface area contributed by atoms with Gasteiger partial charge >= 0.3 is 6.03 Å². The van der Waals surface area contributed by atoms with Crippen molar-refractivity contribution in [2.24, 2.45) is 0 Å². The van der Waals surface area contributed by atoms with Crippen molar-refractivity contribution in [1.29, 1.82) is 0 Å². The molecule has 0 aliphatic heterocycles. The van der Waals surface area contributed by atoms with Crippen molar-refractivity contribution in [3.8, 4) is 0 Å². The Morgan fingerprint density at radius 2 is 1.00 bits per heavy atom. The number of hydrogen-bond donors (Lipinski definition) is 2. The van der Waals surface area contributed by atoms with Crippen LogP contribution in [0.25, 0.3) is 0 Å². The lowest BCUT2D eigenvalue weighted by Gasteiger charge is -2.15. The fraction of sp³-hybridized carbons (Fsp3) is 0.316. The summed E-state index contributed by atoms with van der Waals surface area (Å²) < 4.78 is 0. The molecule has 116 valence electrons. The van der Waals surface area contributed by atoms with Crippen molar-refractivity contribution in [1.82, 2.24) is 0 Å². The lowest BCUT2D eigenvalue weighted by atomic mass is 10.0. The summed E-state index contributed by atoms with van der Waals surface area (Å²) in [5.74, 6) is 0. The van der Waals surface area contributed by atoms with Gasteiger partial charge in [0.1, 0.15) is 0 Å². The monoisotopic (exact) mass is 296 g/mol. The minimum Gasteiger partial charge on any atom is -0.307 e. The van der Waals surface area contributed by atoms with Crippen LogP contribution in [0.15, 0.2) is 24.3 Å². The van der Waals surface area contributed by atoms with Gasteiger partial charge in [-0.2, -0.15) is 0 Å². The van der Waals surface area contributed by atoms with Crippen LogP contribution in [0.2, 0.25) is 0 Å². The van der Waals surface area contributed by atoms with Crippen molar-refractivity contribution in [3.63, 3.8) is 0 Å².